The SMILES string of the molecule is N=C(N)SCc1ccc(-c2ccc(N3C[C@H](Cn4ccnn4)OC3=O)cc2F)cn1. The van der Waals surface area contributed by atoms with Crippen molar-refractivity contribution in [1.82, 2.24) is 20.0 Å². The van der Waals surface area contributed by atoms with Crippen molar-refractivity contribution in [3.8, 4) is 11.1 Å². The lowest BCUT2D eigenvalue weighted by atomic mass is 10.1. The van der Waals surface area contributed by atoms with E-state index in [-0.39, 0.29) is 5.17 Å². The zero-order valence-corrected chi connectivity index (χ0v) is 16.6. The quantitative estimate of drug-likeness (QED) is 0.458. The summed E-state index contributed by atoms with van der Waals surface area (Å²) in [6.07, 6.45) is 3.88. The molecule has 1 atom stereocenters. The molecule has 11 heteroatoms. The van der Waals surface area contributed by atoms with Crippen molar-refractivity contribution in [3.05, 3.63) is 60.4 Å². The molecule has 3 aromatic rings. The largest absolute Gasteiger partial charge is 0.442 e. The van der Waals surface area contributed by atoms with Crippen molar-refractivity contribution in [2.75, 3.05) is 11.4 Å². The first-order chi connectivity index (χ1) is 14.5. The summed E-state index contributed by atoms with van der Waals surface area (Å²) in [6, 6.07) is 8.14. The van der Waals surface area contributed by atoms with Gasteiger partial charge in [-0.2, -0.15) is 0 Å². The lowest BCUT2D eigenvalue weighted by molar-refractivity contribution is 0.129. The van der Waals surface area contributed by atoms with Gasteiger partial charge in [-0.15, -0.1) is 5.10 Å². The summed E-state index contributed by atoms with van der Waals surface area (Å²) in [5.74, 6) is 0.0110. The van der Waals surface area contributed by atoms with Gasteiger partial charge in [0.2, 0.25) is 0 Å². The Labute approximate surface area is 175 Å². The number of rotatable bonds is 6. The van der Waals surface area contributed by atoms with Crippen LogP contribution in [0.15, 0.2) is 48.9 Å². The third kappa shape index (κ3) is 4.40. The minimum atomic E-state index is -0.527. The van der Waals surface area contributed by atoms with E-state index in [2.05, 4.69) is 15.3 Å². The minimum absolute atomic E-state index is 0.0199. The van der Waals surface area contributed by atoms with Crippen molar-refractivity contribution in [3.63, 3.8) is 0 Å². The van der Waals surface area contributed by atoms with Gasteiger partial charge in [-0.25, -0.2) is 13.9 Å². The van der Waals surface area contributed by atoms with E-state index in [1.54, 1.807) is 47.5 Å². The number of nitrogens with zero attached hydrogens (tertiary/aromatic N) is 5. The first-order valence-corrected chi connectivity index (χ1v) is 10.0. The Hall–Kier alpha value is -3.47. The van der Waals surface area contributed by atoms with E-state index >= 15 is 0 Å². The normalized spacial score (nSPS) is 16.0. The highest BCUT2D eigenvalue weighted by atomic mass is 32.2. The fourth-order valence-electron chi connectivity index (χ4n) is 3.09. The fourth-order valence-corrected chi connectivity index (χ4v) is 3.57. The molecule has 0 unspecified atom stereocenters. The number of anilines is 1. The Balaban J connectivity index is 1.46. The second kappa shape index (κ2) is 8.49. The van der Waals surface area contributed by atoms with Gasteiger partial charge in [0, 0.05) is 29.3 Å². The fraction of sp³-hybridized carbons (Fsp3) is 0.211. The van der Waals surface area contributed by atoms with Gasteiger partial charge in [0.05, 0.1) is 30.7 Å². The third-order valence-corrected chi connectivity index (χ3v) is 5.26. The van der Waals surface area contributed by atoms with E-state index in [0.717, 1.165) is 5.69 Å². The molecule has 4 rings (SSSR count). The zero-order valence-electron chi connectivity index (χ0n) is 15.7. The summed E-state index contributed by atoms with van der Waals surface area (Å²) < 4.78 is 21.7. The topological polar surface area (TPSA) is 123 Å². The highest BCUT2D eigenvalue weighted by Crippen LogP contribution is 2.29. The predicted octanol–water partition coefficient (Wildman–Crippen LogP) is 2.63. The highest BCUT2D eigenvalue weighted by molar-refractivity contribution is 8.13. The molecule has 2 aromatic heterocycles. The van der Waals surface area contributed by atoms with Gasteiger partial charge >= 0.3 is 6.09 Å². The van der Waals surface area contributed by atoms with Gasteiger partial charge in [-0.1, -0.05) is 23.0 Å². The number of ether oxygens (including phenoxy) is 1. The van der Waals surface area contributed by atoms with Crippen LogP contribution in [0, 0.1) is 11.2 Å². The molecule has 9 nitrogen and oxygen atoms in total. The standard InChI is InChI=1S/C19H18FN7O2S/c20-17-7-14(27-10-15(29-19(27)28)9-26-6-5-24-25-26)3-4-16(17)12-1-2-13(23-8-12)11-30-18(21)22/h1-8,15H,9-11H2,(H3,21,22)/t15-/m0/s1. The number of thioether (sulfide) groups is 1. The molecule has 1 aliphatic rings. The molecule has 3 heterocycles. The molecule has 1 fully saturated rings. The number of amides is 1. The predicted molar refractivity (Wildman–Crippen MR) is 110 cm³/mol. The first kappa shape index (κ1) is 19.8. The van der Waals surface area contributed by atoms with E-state index in [1.807, 2.05) is 0 Å². The molecule has 0 spiro atoms. The van der Waals surface area contributed by atoms with Crippen molar-refractivity contribution in [1.29, 1.82) is 5.41 Å². The number of nitrogens with two attached hydrogens (primary N) is 1. The number of amidine groups is 1. The number of nitrogens with one attached hydrogen (secondary N) is 1. The molecule has 3 N–H and O–H groups in total. The van der Waals surface area contributed by atoms with Crippen LogP contribution >= 0.6 is 11.8 Å². The third-order valence-electron chi connectivity index (χ3n) is 4.51. The molecular weight excluding hydrogens is 409 g/mol. The number of hydrogen-bond acceptors (Lipinski definition) is 7. The van der Waals surface area contributed by atoms with Crippen LogP contribution < -0.4 is 10.6 Å². The molecule has 0 radical (unpaired) electrons. The average molecular weight is 427 g/mol. The molecule has 1 aromatic carbocycles. The number of cyclic esters (lactones) is 1. The summed E-state index contributed by atoms with van der Waals surface area (Å²) in [5, 5.41) is 14.8. The summed E-state index contributed by atoms with van der Waals surface area (Å²) >= 11 is 1.17. The molecule has 1 aliphatic heterocycles. The van der Waals surface area contributed by atoms with Crippen LogP contribution in [0.1, 0.15) is 5.69 Å². The van der Waals surface area contributed by atoms with E-state index in [1.165, 1.54) is 22.7 Å². The van der Waals surface area contributed by atoms with Gasteiger partial charge in [0.15, 0.2) is 5.17 Å². The van der Waals surface area contributed by atoms with E-state index < -0.39 is 18.0 Å². The van der Waals surface area contributed by atoms with Crippen LogP contribution in [-0.4, -0.2) is 43.9 Å². The van der Waals surface area contributed by atoms with Crippen LogP contribution in [0.25, 0.3) is 11.1 Å². The zero-order chi connectivity index (χ0) is 21.1. The van der Waals surface area contributed by atoms with E-state index in [0.29, 0.717) is 35.7 Å². The summed E-state index contributed by atoms with van der Waals surface area (Å²) in [4.78, 5) is 17.9. The number of aromatic nitrogens is 4. The van der Waals surface area contributed by atoms with Gasteiger partial charge in [0.25, 0.3) is 0 Å². The van der Waals surface area contributed by atoms with Crippen LogP contribution in [0.4, 0.5) is 14.9 Å². The molecule has 0 saturated carbocycles. The molecule has 0 bridgehead atoms. The molecular formula is C19H18FN7O2S. The number of pyridine rings is 1. The number of carbonyl (C=O) groups excluding carboxylic acids is 1. The Morgan fingerprint density at radius 2 is 2.23 bits per heavy atom. The highest BCUT2D eigenvalue weighted by Gasteiger charge is 2.33. The molecule has 30 heavy (non-hydrogen) atoms. The summed E-state index contributed by atoms with van der Waals surface area (Å²) in [5.41, 5.74) is 7.48. The Morgan fingerprint density at radius 1 is 1.37 bits per heavy atom. The van der Waals surface area contributed by atoms with Crippen molar-refractivity contribution in [2.24, 2.45) is 5.73 Å². The first-order valence-electron chi connectivity index (χ1n) is 9.03. The van der Waals surface area contributed by atoms with Gasteiger partial charge in [0.1, 0.15) is 11.9 Å². The van der Waals surface area contributed by atoms with Crippen LogP contribution in [-0.2, 0) is 17.0 Å². The van der Waals surface area contributed by atoms with Crippen molar-refractivity contribution in [2.45, 2.75) is 18.4 Å². The van der Waals surface area contributed by atoms with Gasteiger partial charge < -0.3 is 10.5 Å². The van der Waals surface area contributed by atoms with Crippen molar-refractivity contribution >= 4 is 28.7 Å². The lowest BCUT2D eigenvalue weighted by Gasteiger charge is -2.14. The van der Waals surface area contributed by atoms with Gasteiger partial charge in [-0.3, -0.25) is 15.3 Å². The molecule has 0 aliphatic carbocycles. The Bertz CT molecular complexity index is 1060. The maximum absolute atomic E-state index is 14.8. The average Bonchev–Trinajstić information content (AvgIpc) is 3.36. The second-order valence-electron chi connectivity index (χ2n) is 6.60. The van der Waals surface area contributed by atoms with Crippen LogP contribution in [0.2, 0.25) is 0 Å². The van der Waals surface area contributed by atoms with Crippen LogP contribution in [0.5, 0.6) is 0 Å². The molecule has 1 saturated heterocycles. The molecule has 154 valence electrons. The number of carbonyl (C=O) groups is 1. The Morgan fingerprint density at radius 3 is 2.90 bits per heavy atom. The second-order valence-corrected chi connectivity index (χ2v) is 7.61. The van der Waals surface area contributed by atoms with Crippen molar-refractivity contribution < 1.29 is 13.9 Å². The van der Waals surface area contributed by atoms with E-state index in [4.69, 9.17) is 15.9 Å². The van der Waals surface area contributed by atoms with E-state index in [9.17, 15) is 9.18 Å². The smallest absolute Gasteiger partial charge is 0.414 e. The summed E-state index contributed by atoms with van der Waals surface area (Å²) in [6.45, 7) is 0.671. The maximum Gasteiger partial charge on any atom is 0.414 e. The number of benzene rings is 1. The number of hydrogen-bond donors (Lipinski definition) is 2. The van der Waals surface area contributed by atoms with Crippen LogP contribution in [0.3, 0.4) is 0 Å². The monoisotopic (exact) mass is 427 g/mol. The minimum Gasteiger partial charge on any atom is -0.442 e. The lowest BCUT2D eigenvalue weighted by Crippen LogP contribution is -2.26. The molecule has 1 amide bonds. The maximum atomic E-state index is 14.8. The summed E-state index contributed by atoms with van der Waals surface area (Å²) in [7, 11) is 0. The Kier molecular flexibility index (Phi) is 5.61. The van der Waals surface area contributed by atoms with Gasteiger partial charge in [-0.05, 0) is 24.3 Å². The number of halogens is 1.